The van der Waals surface area contributed by atoms with Crippen molar-refractivity contribution in [2.24, 2.45) is 5.41 Å². The second kappa shape index (κ2) is 6.83. The van der Waals surface area contributed by atoms with E-state index in [2.05, 4.69) is 16.5 Å². The summed E-state index contributed by atoms with van der Waals surface area (Å²) in [5, 5.41) is 7.45. The number of rotatable bonds is 3. The Bertz CT molecular complexity index is 878. The van der Waals surface area contributed by atoms with Gasteiger partial charge in [-0.2, -0.15) is 5.10 Å². The lowest BCUT2D eigenvalue weighted by Gasteiger charge is -2.38. The number of nitrogens with one attached hydrogen (secondary N) is 1. The third kappa shape index (κ3) is 3.61. The van der Waals surface area contributed by atoms with Crippen LogP contribution in [0.25, 0.3) is 0 Å². The van der Waals surface area contributed by atoms with Crippen LogP contribution in [-0.2, 0) is 11.3 Å². The Labute approximate surface area is 159 Å². The molecule has 27 heavy (non-hydrogen) atoms. The van der Waals surface area contributed by atoms with Crippen LogP contribution >= 0.6 is 0 Å². The minimum absolute atomic E-state index is 0.0607. The van der Waals surface area contributed by atoms with E-state index >= 15 is 0 Å². The summed E-state index contributed by atoms with van der Waals surface area (Å²) in [6, 6.07) is 9.90. The minimum atomic E-state index is 0.0607. The standard InChI is InChI=1S/C21H26N4O2/c1-15-10-16(2)25(23-15)13-17-4-3-5-18(11-17)20(27)24-8-6-21(7-9-24)12-19(26)22-14-21/h3-5,10-11H,6-9,12-14H2,1-2H3,(H,22,26). The number of hydrogen-bond acceptors (Lipinski definition) is 3. The van der Waals surface area contributed by atoms with Gasteiger partial charge in [0.25, 0.3) is 5.91 Å². The molecule has 6 nitrogen and oxygen atoms in total. The summed E-state index contributed by atoms with van der Waals surface area (Å²) < 4.78 is 1.97. The molecule has 0 aliphatic carbocycles. The number of benzene rings is 1. The van der Waals surface area contributed by atoms with Crippen molar-refractivity contribution in [2.75, 3.05) is 19.6 Å². The minimum Gasteiger partial charge on any atom is -0.356 e. The normalized spacial score (nSPS) is 18.7. The van der Waals surface area contributed by atoms with Crippen molar-refractivity contribution < 1.29 is 9.59 Å². The summed E-state index contributed by atoms with van der Waals surface area (Å²) in [5.74, 6) is 0.226. The summed E-state index contributed by atoms with van der Waals surface area (Å²) in [4.78, 5) is 26.5. The van der Waals surface area contributed by atoms with Crippen molar-refractivity contribution >= 4 is 11.8 Å². The number of nitrogens with zero attached hydrogens (tertiary/aromatic N) is 3. The number of carbonyl (C=O) groups excluding carboxylic acids is 2. The Morgan fingerprint density at radius 2 is 2.00 bits per heavy atom. The number of hydrogen-bond donors (Lipinski definition) is 1. The topological polar surface area (TPSA) is 67.2 Å². The van der Waals surface area contributed by atoms with E-state index in [0.29, 0.717) is 13.0 Å². The quantitative estimate of drug-likeness (QED) is 0.906. The molecule has 2 saturated heterocycles. The number of aryl methyl sites for hydroxylation is 2. The number of aromatic nitrogens is 2. The molecule has 1 aromatic heterocycles. The third-order valence-electron chi connectivity index (χ3n) is 5.92. The zero-order valence-corrected chi connectivity index (χ0v) is 16.0. The third-order valence-corrected chi connectivity index (χ3v) is 5.92. The molecule has 0 atom stereocenters. The average molecular weight is 366 g/mol. The van der Waals surface area contributed by atoms with Crippen molar-refractivity contribution in [2.45, 2.75) is 39.7 Å². The van der Waals surface area contributed by atoms with Crippen molar-refractivity contribution in [1.82, 2.24) is 20.0 Å². The molecule has 142 valence electrons. The highest BCUT2D eigenvalue weighted by Gasteiger charge is 2.41. The van der Waals surface area contributed by atoms with Gasteiger partial charge in [0.1, 0.15) is 0 Å². The maximum atomic E-state index is 13.0. The molecule has 0 saturated carbocycles. The highest BCUT2D eigenvalue weighted by Crippen LogP contribution is 2.37. The summed E-state index contributed by atoms with van der Waals surface area (Å²) in [6.45, 7) is 6.88. The van der Waals surface area contributed by atoms with Crippen LogP contribution in [0.4, 0.5) is 0 Å². The summed E-state index contributed by atoms with van der Waals surface area (Å²) in [7, 11) is 0. The van der Waals surface area contributed by atoms with Crippen molar-refractivity contribution in [3.63, 3.8) is 0 Å². The number of likely N-dealkylation sites (tertiary alicyclic amines) is 1. The Kier molecular flexibility index (Phi) is 4.50. The molecule has 2 amide bonds. The molecule has 4 rings (SSSR count). The molecule has 2 aromatic rings. The maximum Gasteiger partial charge on any atom is 0.253 e. The van der Waals surface area contributed by atoms with Crippen LogP contribution in [0, 0.1) is 19.3 Å². The van der Waals surface area contributed by atoms with Gasteiger partial charge in [-0.3, -0.25) is 14.3 Å². The second-order valence-electron chi connectivity index (χ2n) is 8.03. The van der Waals surface area contributed by atoms with Gasteiger partial charge in [-0.1, -0.05) is 12.1 Å². The lowest BCUT2D eigenvalue weighted by Crippen LogP contribution is -2.44. The van der Waals surface area contributed by atoms with Gasteiger partial charge in [-0.25, -0.2) is 0 Å². The fraction of sp³-hybridized carbons (Fsp3) is 0.476. The van der Waals surface area contributed by atoms with E-state index in [4.69, 9.17) is 0 Å². The largest absolute Gasteiger partial charge is 0.356 e. The number of piperidine rings is 1. The summed E-state index contributed by atoms with van der Waals surface area (Å²) >= 11 is 0. The predicted octanol–water partition coefficient (Wildman–Crippen LogP) is 2.29. The smallest absolute Gasteiger partial charge is 0.253 e. The number of carbonyl (C=O) groups is 2. The highest BCUT2D eigenvalue weighted by molar-refractivity contribution is 5.94. The zero-order chi connectivity index (χ0) is 19.0. The first-order valence-corrected chi connectivity index (χ1v) is 9.60. The van der Waals surface area contributed by atoms with Crippen LogP contribution in [0.1, 0.15) is 46.6 Å². The van der Waals surface area contributed by atoms with Crippen LogP contribution in [0.15, 0.2) is 30.3 Å². The van der Waals surface area contributed by atoms with E-state index in [1.54, 1.807) is 0 Å². The lowest BCUT2D eigenvalue weighted by atomic mass is 9.77. The van der Waals surface area contributed by atoms with Crippen LogP contribution in [0.3, 0.4) is 0 Å². The van der Waals surface area contributed by atoms with Gasteiger partial charge in [0.15, 0.2) is 0 Å². The number of amides is 2. The van der Waals surface area contributed by atoms with Gasteiger partial charge < -0.3 is 10.2 Å². The summed E-state index contributed by atoms with van der Waals surface area (Å²) in [6.07, 6.45) is 2.39. The van der Waals surface area contributed by atoms with E-state index in [1.807, 2.05) is 47.7 Å². The Morgan fingerprint density at radius 3 is 2.63 bits per heavy atom. The second-order valence-corrected chi connectivity index (χ2v) is 8.03. The molecule has 0 unspecified atom stereocenters. The van der Waals surface area contributed by atoms with Gasteiger partial charge in [0.05, 0.1) is 12.2 Å². The van der Waals surface area contributed by atoms with Gasteiger partial charge in [-0.05, 0) is 55.9 Å². The molecule has 6 heteroatoms. The SMILES string of the molecule is Cc1cc(C)n(Cc2cccc(C(=O)N3CCC4(CC3)CNC(=O)C4)c2)n1. The maximum absolute atomic E-state index is 13.0. The Hall–Kier alpha value is -2.63. The highest BCUT2D eigenvalue weighted by atomic mass is 16.2. The molecule has 2 aliphatic rings. The molecular formula is C21H26N4O2. The molecule has 2 fully saturated rings. The van der Waals surface area contributed by atoms with Gasteiger partial charge in [-0.15, -0.1) is 0 Å². The molecule has 1 N–H and O–H groups in total. The van der Waals surface area contributed by atoms with Crippen molar-refractivity contribution in [1.29, 1.82) is 0 Å². The Balaban J connectivity index is 1.43. The summed E-state index contributed by atoms with van der Waals surface area (Å²) in [5.41, 5.74) is 3.98. The lowest BCUT2D eigenvalue weighted by molar-refractivity contribution is -0.119. The fourth-order valence-electron chi connectivity index (χ4n) is 4.28. The fourth-order valence-corrected chi connectivity index (χ4v) is 4.28. The first kappa shape index (κ1) is 17.8. The van der Waals surface area contributed by atoms with Crippen LogP contribution in [-0.4, -0.2) is 46.1 Å². The van der Waals surface area contributed by atoms with Crippen LogP contribution < -0.4 is 5.32 Å². The molecule has 3 heterocycles. The van der Waals surface area contributed by atoms with Crippen molar-refractivity contribution in [3.05, 3.63) is 52.8 Å². The van der Waals surface area contributed by atoms with Crippen LogP contribution in [0.5, 0.6) is 0 Å². The van der Waals surface area contributed by atoms with Crippen molar-refractivity contribution in [3.8, 4) is 0 Å². The molecule has 0 radical (unpaired) electrons. The predicted molar refractivity (Wildman–Crippen MR) is 102 cm³/mol. The molecule has 1 aromatic carbocycles. The Morgan fingerprint density at radius 1 is 1.22 bits per heavy atom. The van der Waals surface area contributed by atoms with E-state index in [-0.39, 0.29) is 17.2 Å². The van der Waals surface area contributed by atoms with Gasteiger partial charge in [0, 0.05) is 37.3 Å². The molecular weight excluding hydrogens is 340 g/mol. The van der Waals surface area contributed by atoms with Gasteiger partial charge in [0.2, 0.25) is 5.91 Å². The van der Waals surface area contributed by atoms with E-state index in [9.17, 15) is 9.59 Å². The molecule has 1 spiro atoms. The van der Waals surface area contributed by atoms with Gasteiger partial charge >= 0.3 is 0 Å². The monoisotopic (exact) mass is 366 g/mol. The molecule has 0 bridgehead atoms. The van der Waals surface area contributed by atoms with Crippen LogP contribution in [0.2, 0.25) is 0 Å². The first-order valence-electron chi connectivity index (χ1n) is 9.60. The van der Waals surface area contributed by atoms with E-state index in [0.717, 1.165) is 55.0 Å². The molecule has 2 aliphatic heterocycles. The van der Waals surface area contributed by atoms with E-state index < -0.39 is 0 Å². The average Bonchev–Trinajstić information content (AvgIpc) is 3.17. The first-order chi connectivity index (χ1) is 12.9. The zero-order valence-electron chi connectivity index (χ0n) is 16.0. The van der Waals surface area contributed by atoms with E-state index in [1.165, 1.54) is 0 Å².